The van der Waals surface area contributed by atoms with E-state index in [1.54, 1.807) is 12.1 Å². The fourth-order valence-corrected chi connectivity index (χ4v) is 2.46. The number of rotatable bonds is 9. The minimum atomic E-state index is -0.768. The molecule has 132 valence electrons. The van der Waals surface area contributed by atoms with Crippen molar-refractivity contribution in [1.82, 2.24) is 5.32 Å². The fourth-order valence-electron chi connectivity index (χ4n) is 2.46. The molecule has 0 saturated heterocycles. The summed E-state index contributed by atoms with van der Waals surface area (Å²) in [5.41, 5.74) is 0.460. The number of unbranched alkanes of at least 4 members (excludes halogenated alkanes) is 3. The molecule has 1 aliphatic heterocycles. The van der Waals surface area contributed by atoms with E-state index in [2.05, 4.69) is 5.32 Å². The third-order valence-corrected chi connectivity index (χ3v) is 3.69. The largest absolute Gasteiger partial charge is 0.493 e. The van der Waals surface area contributed by atoms with Gasteiger partial charge in [0.2, 0.25) is 5.75 Å². The molecule has 1 aliphatic rings. The Morgan fingerprint density at radius 1 is 1.17 bits per heavy atom. The molecule has 1 heterocycles. The van der Waals surface area contributed by atoms with Crippen molar-refractivity contribution < 1.29 is 28.9 Å². The summed E-state index contributed by atoms with van der Waals surface area (Å²) < 4.78 is 16.3. The molecule has 24 heavy (non-hydrogen) atoms. The lowest BCUT2D eigenvalue weighted by molar-refractivity contribution is -0.137. The van der Waals surface area contributed by atoms with Crippen LogP contribution in [0.15, 0.2) is 12.1 Å². The van der Waals surface area contributed by atoms with Crippen LogP contribution in [0.3, 0.4) is 0 Å². The van der Waals surface area contributed by atoms with Crippen LogP contribution < -0.4 is 19.5 Å². The number of methoxy groups -OCH3 is 1. The van der Waals surface area contributed by atoms with Crippen molar-refractivity contribution >= 4 is 11.9 Å². The van der Waals surface area contributed by atoms with Crippen LogP contribution in [0.25, 0.3) is 0 Å². The topological polar surface area (TPSA) is 94.1 Å². The van der Waals surface area contributed by atoms with Crippen LogP contribution >= 0.6 is 0 Å². The van der Waals surface area contributed by atoms with E-state index in [1.807, 2.05) is 0 Å². The van der Waals surface area contributed by atoms with Gasteiger partial charge in [-0.1, -0.05) is 12.8 Å². The van der Waals surface area contributed by atoms with Gasteiger partial charge in [0.1, 0.15) is 13.2 Å². The molecule has 1 aromatic carbocycles. The number of carboxylic acids is 1. The summed E-state index contributed by atoms with van der Waals surface area (Å²) in [4.78, 5) is 22.6. The number of carboxylic acid groups (broad SMARTS) is 1. The van der Waals surface area contributed by atoms with Gasteiger partial charge in [0.25, 0.3) is 5.91 Å². The SMILES string of the molecule is COc1cc(C(=O)NCCCCCCC(=O)O)cc2c1OCCO2. The van der Waals surface area contributed by atoms with Gasteiger partial charge < -0.3 is 24.6 Å². The molecule has 2 N–H and O–H groups in total. The lowest BCUT2D eigenvalue weighted by atomic mass is 10.1. The molecule has 0 spiro atoms. The number of hydrogen-bond donors (Lipinski definition) is 2. The Balaban J connectivity index is 1.81. The van der Waals surface area contributed by atoms with Crippen molar-refractivity contribution in [3.05, 3.63) is 17.7 Å². The zero-order chi connectivity index (χ0) is 17.4. The van der Waals surface area contributed by atoms with Crippen LogP contribution in [-0.2, 0) is 4.79 Å². The number of hydrogen-bond acceptors (Lipinski definition) is 5. The standard InChI is InChI=1S/C17H23NO6/c1-22-13-10-12(11-14-16(13)24-9-8-23-14)17(21)18-7-5-3-2-4-6-15(19)20/h10-11H,2-9H2,1H3,(H,18,21)(H,19,20). The number of aliphatic carboxylic acids is 1. The second-order valence-corrected chi connectivity index (χ2v) is 5.52. The van der Waals surface area contributed by atoms with Crippen LogP contribution in [0.2, 0.25) is 0 Å². The Kier molecular flexibility index (Phi) is 6.72. The molecule has 0 radical (unpaired) electrons. The third kappa shape index (κ3) is 5.04. The van der Waals surface area contributed by atoms with E-state index in [0.29, 0.717) is 49.0 Å². The highest BCUT2D eigenvalue weighted by atomic mass is 16.6. The van der Waals surface area contributed by atoms with Gasteiger partial charge in [-0.15, -0.1) is 0 Å². The maximum Gasteiger partial charge on any atom is 0.303 e. The molecule has 0 aliphatic carbocycles. The van der Waals surface area contributed by atoms with E-state index in [1.165, 1.54) is 7.11 Å². The minimum absolute atomic E-state index is 0.198. The smallest absolute Gasteiger partial charge is 0.303 e. The predicted octanol–water partition coefficient (Wildman–Crippen LogP) is 2.23. The van der Waals surface area contributed by atoms with Crippen molar-refractivity contribution in [2.45, 2.75) is 32.1 Å². The average Bonchev–Trinajstić information content (AvgIpc) is 2.59. The van der Waals surface area contributed by atoms with Crippen LogP contribution in [0, 0.1) is 0 Å². The Morgan fingerprint density at radius 3 is 2.67 bits per heavy atom. The first-order chi connectivity index (χ1) is 11.6. The second-order valence-electron chi connectivity index (χ2n) is 5.52. The molecule has 1 amide bonds. The lowest BCUT2D eigenvalue weighted by Crippen LogP contribution is -2.25. The van der Waals surface area contributed by atoms with Crippen LogP contribution in [0.4, 0.5) is 0 Å². The monoisotopic (exact) mass is 337 g/mol. The summed E-state index contributed by atoms with van der Waals surface area (Å²) in [6, 6.07) is 3.29. The number of carbonyl (C=O) groups is 2. The molecular weight excluding hydrogens is 314 g/mol. The first-order valence-corrected chi connectivity index (χ1v) is 8.09. The summed E-state index contributed by atoms with van der Waals surface area (Å²) in [5, 5.41) is 11.4. The van der Waals surface area contributed by atoms with Crippen molar-refractivity contribution in [1.29, 1.82) is 0 Å². The molecule has 2 rings (SSSR count). The lowest BCUT2D eigenvalue weighted by Gasteiger charge is -2.21. The molecule has 1 aromatic rings. The average molecular weight is 337 g/mol. The van der Waals surface area contributed by atoms with Crippen molar-refractivity contribution in [3.8, 4) is 17.2 Å². The normalized spacial score (nSPS) is 12.5. The van der Waals surface area contributed by atoms with Crippen molar-refractivity contribution in [2.24, 2.45) is 0 Å². The highest BCUT2D eigenvalue weighted by Crippen LogP contribution is 2.40. The minimum Gasteiger partial charge on any atom is -0.493 e. The van der Waals surface area contributed by atoms with Gasteiger partial charge in [-0.2, -0.15) is 0 Å². The van der Waals surface area contributed by atoms with Gasteiger partial charge in [0.15, 0.2) is 11.5 Å². The molecule has 0 unspecified atom stereocenters. The van der Waals surface area contributed by atoms with E-state index < -0.39 is 5.97 Å². The van der Waals surface area contributed by atoms with E-state index in [-0.39, 0.29) is 12.3 Å². The van der Waals surface area contributed by atoms with E-state index >= 15 is 0 Å². The quantitative estimate of drug-likeness (QED) is 0.671. The number of carbonyl (C=O) groups excluding carboxylic acids is 1. The molecule has 0 atom stereocenters. The molecule has 7 nitrogen and oxygen atoms in total. The van der Waals surface area contributed by atoms with Gasteiger partial charge in [-0.25, -0.2) is 0 Å². The number of fused-ring (bicyclic) bond motifs is 1. The highest BCUT2D eigenvalue weighted by Gasteiger charge is 2.20. The number of ether oxygens (including phenoxy) is 3. The molecule has 0 saturated carbocycles. The Hall–Kier alpha value is -2.44. The van der Waals surface area contributed by atoms with Gasteiger partial charge >= 0.3 is 5.97 Å². The second kappa shape index (κ2) is 9.00. The summed E-state index contributed by atoms with van der Waals surface area (Å²) in [5.74, 6) is 0.552. The van der Waals surface area contributed by atoms with Gasteiger partial charge in [-0.3, -0.25) is 9.59 Å². The molecular formula is C17H23NO6. The first kappa shape index (κ1) is 17.9. The zero-order valence-electron chi connectivity index (χ0n) is 13.8. The van der Waals surface area contributed by atoms with E-state index in [0.717, 1.165) is 19.3 Å². The number of benzene rings is 1. The Labute approximate surface area is 140 Å². The Bertz CT molecular complexity index is 569. The summed E-state index contributed by atoms with van der Waals surface area (Å²) in [7, 11) is 1.52. The van der Waals surface area contributed by atoms with Crippen LogP contribution in [-0.4, -0.2) is 43.9 Å². The molecule has 0 bridgehead atoms. The summed E-state index contributed by atoms with van der Waals surface area (Å²) >= 11 is 0. The van der Waals surface area contributed by atoms with E-state index in [4.69, 9.17) is 19.3 Å². The highest BCUT2D eigenvalue weighted by molar-refractivity contribution is 5.95. The first-order valence-electron chi connectivity index (χ1n) is 8.09. The van der Waals surface area contributed by atoms with Crippen LogP contribution in [0.1, 0.15) is 42.5 Å². The zero-order valence-corrected chi connectivity index (χ0v) is 13.8. The maximum atomic E-state index is 12.2. The third-order valence-electron chi connectivity index (χ3n) is 3.69. The van der Waals surface area contributed by atoms with Gasteiger partial charge in [0.05, 0.1) is 7.11 Å². The van der Waals surface area contributed by atoms with Gasteiger partial charge in [0, 0.05) is 18.5 Å². The van der Waals surface area contributed by atoms with Crippen molar-refractivity contribution in [2.75, 3.05) is 26.9 Å². The number of amides is 1. The Morgan fingerprint density at radius 2 is 1.92 bits per heavy atom. The van der Waals surface area contributed by atoms with Crippen molar-refractivity contribution in [3.63, 3.8) is 0 Å². The molecule has 7 heteroatoms. The molecule has 0 aromatic heterocycles. The summed E-state index contributed by atoms with van der Waals surface area (Å²) in [6.07, 6.45) is 3.41. The van der Waals surface area contributed by atoms with E-state index in [9.17, 15) is 9.59 Å². The van der Waals surface area contributed by atoms with Crippen LogP contribution in [0.5, 0.6) is 17.2 Å². The maximum absolute atomic E-state index is 12.2. The molecule has 0 fully saturated rings. The van der Waals surface area contributed by atoms with Gasteiger partial charge in [-0.05, 0) is 25.0 Å². The fraction of sp³-hybridized carbons (Fsp3) is 0.529. The summed E-state index contributed by atoms with van der Waals surface area (Å²) in [6.45, 7) is 1.44. The predicted molar refractivity (Wildman–Crippen MR) is 87.0 cm³/mol. The number of nitrogens with one attached hydrogen (secondary N) is 1.